The van der Waals surface area contributed by atoms with E-state index in [1.54, 1.807) is 36.2 Å². The van der Waals surface area contributed by atoms with Gasteiger partial charge in [0.1, 0.15) is 17.1 Å². The molecule has 3 N–H and O–H groups in total. The number of amides is 1. The molecule has 0 spiro atoms. The molecular formula is C30H35F3N5O5P. The van der Waals surface area contributed by atoms with Gasteiger partial charge in [-0.25, -0.2) is 4.98 Å². The molecule has 14 heteroatoms. The quantitative estimate of drug-likeness (QED) is 0.212. The van der Waals surface area contributed by atoms with Gasteiger partial charge in [0.25, 0.3) is 5.91 Å². The van der Waals surface area contributed by atoms with Gasteiger partial charge < -0.3 is 29.9 Å². The molecule has 1 saturated carbocycles. The molecule has 0 saturated heterocycles. The minimum atomic E-state index is -4.77. The minimum Gasteiger partial charge on any atom is -0.495 e. The van der Waals surface area contributed by atoms with E-state index in [1.807, 2.05) is 13.0 Å². The lowest BCUT2D eigenvalue weighted by Crippen LogP contribution is -2.21. The lowest BCUT2D eigenvalue weighted by atomic mass is 9.80. The van der Waals surface area contributed by atoms with E-state index in [0.29, 0.717) is 41.9 Å². The van der Waals surface area contributed by atoms with Crippen LogP contribution in [0.3, 0.4) is 0 Å². The molecule has 44 heavy (non-hydrogen) atoms. The Morgan fingerprint density at radius 2 is 1.84 bits per heavy atom. The maximum absolute atomic E-state index is 14.1. The van der Waals surface area contributed by atoms with Gasteiger partial charge in [-0.05, 0) is 73.4 Å². The molecule has 2 aromatic carbocycles. The molecule has 1 amide bonds. The molecule has 1 unspecified atom stereocenters. The van der Waals surface area contributed by atoms with E-state index < -0.39 is 25.6 Å². The van der Waals surface area contributed by atoms with Crippen LogP contribution in [-0.4, -0.2) is 52.5 Å². The largest absolute Gasteiger partial charge is 0.495 e. The third-order valence-electron chi connectivity index (χ3n) is 8.04. The van der Waals surface area contributed by atoms with E-state index >= 15 is 0 Å². The Morgan fingerprint density at radius 3 is 2.50 bits per heavy atom. The van der Waals surface area contributed by atoms with E-state index in [-0.39, 0.29) is 35.7 Å². The molecule has 2 heterocycles. The smallest absolute Gasteiger partial charge is 0.421 e. The first kappa shape index (κ1) is 31.7. The standard InChI is InChI=1S/C30H35F3N5O5P/c1-4-43-19-8-6-18(7-9-19)20-10-12-24(26-21(20)15-38(2)28(26)39)35-27-22(30(31,32)33)14-34-29(37-27)36-23-11-5-17(16-44(40)41)13-25(23)42-3/h5,10-14,18-19,44H,4,6-9,15-16H2,1-3H3,(H,40,41)(H2,34,35,36,37)/t18-,19-. The summed E-state index contributed by atoms with van der Waals surface area (Å²) < 4.78 is 64.7. The van der Waals surface area contributed by atoms with Crippen molar-refractivity contribution in [3.05, 3.63) is 64.3 Å². The fraction of sp³-hybridized carbons (Fsp3) is 0.433. The molecular weight excluding hydrogens is 598 g/mol. The number of rotatable bonds is 10. The van der Waals surface area contributed by atoms with Gasteiger partial charge in [-0.1, -0.05) is 12.1 Å². The Balaban J connectivity index is 1.47. The van der Waals surface area contributed by atoms with Gasteiger partial charge in [0.2, 0.25) is 5.95 Å². The summed E-state index contributed by atoms with van der Waals surface area (Å²) in [6.07, 6.45) is -0.274. The molecule has 236 valence electrons. The number of nitrogens with zero attached hydrogens (tertiary/aromatic N) is 3. The molecule has 2 aliphatic rings. The number of aromatic nitrogens is 2. The Morgan fingerprint density at radius 1 is 1.11 bits per heavy atom. The fourth-order valence-electron chi connectivity index (χ4n) is 5.96. The van der Waals surface area contributed by atoms with Crippen LogP contribution in [0.5, 0.6) is 5.75 Å². The Hall–Kier alpha value is -3.67. The number of carbonyl (C=O) groups is 1. The number of fused-ring (bicyclic) bond motifs is 1. The molecule has 0 bridgehead atoms. The van der Waals surface area contributed by atoms with Gasteiger partial charge in [-0.15, -0.1) is 0 Å². The zero-order chi connectivity index (χ0) is 31.6. The van der Waals surface area contributed by atoms with Crippen LogP contribution >= 0.6 is 8.03 Å². The van der Waals surface area contributed by atoms with E-state index in [2.05, 4.69) is 20.6 Å². The first-order valence-corrected chi connectivity index (χ1v) is 15.9. The molecule has 1 aliphatic heterocycles. The average Bonchev–Trinajstić information content (AvgIpc) is 3.28. The van der Waals surface area contributed by atoms with Gasteiger partial charge in [-0.3, -0.25) is 9.36 Å². The third-order valence-corrected chi connectivity index (χ3v) is 8.75. The SMILES string of the molecule is CCO[C@H]1CC[C@H](c2ccc(Nc3nc(Nc4ccc(C[PH](=O)O)cc4OC)ncc3C(F)(F)F)c3c2CN(C)C3=O)CC1. The topological polar surface area (TPSA) is 126 Å². The summed E-state index contributed by atoms with van der Waals surface area (Å²) >= 11 is 0. The maximum atomic E-state index is 14.1. The van der Waals surface area contributed by atoms with E-state index in [9.17, 15) is 27.4 Å². The van der Waals surface area contributed by atoms with Crippen molar-refractivity contribution in [2.24, 2.45) is 0 Å². The summed E-state index contributed by atoms with van der Waals surface area (Å²) in [5.41, 5.74) is 2.25. The second kappa shape index (κ2) is 13.1. The van der Waals surface area contributed by atoms with Crippen LogP contribution in [0.2, 0.25) is 0 Å². The minimum absolute atomic E-state index is 0.0439. The van der Waals surface area contributed by atoms with E-state index in [1.165, 1.54) is 7.11 Å². The lowest BCUT2D eigenvalue weighted by Gasteiger charge is -2.30. The highest BCUT2D eigenvalue weighted by molar-refractivity contribution is 7.37. The summed E-state index contributed by atoms with van der Waals surface area (Å²) in [5.74, 6) is -0.414. The number of nitrogens with one attached hydrogen (secondary N) is 2. The van der Waals surface area contributed by atoms with Crippen molar-refractivity contribution in [1.29, 1.82) is 0 Å². The van der Waals surface area contributed by atoms with Crippen molar-refractivity contribution >= 4 is 37.1 Å². The van der Waals surface area contributed by atoms with Crippen LogP contribution in [0.4, 0.5) is 36.3 Å². The zero-order valence-corrected chi connectivity index (χ0v) is 25.6. The van der Waals surface area contributed by atoms with E-state index in [4.69, 9.17) is 9.47 Å². The van der Waals surface area contributed by atoms with E-state index in [0.717, 1.165) is 36.8 Å². The van der Waals surface area contributed by atoms with Gasteiger partial charge in [-0.2, -0.15) is 18.2 Å². The third kappa shape index (κ3) is 6.85. The van der Waals surface area contributed by atoms with Crippen LogP contribution < -0.4 is 15.4 Å². The van der Waals surface area contributed by atoms with Crippen molar-refractivity contribution in [1.82, 2.24) is 14.9 Å². The fourth-order valence-corrected chi connectivity index (χ4v) is 6.53. The Bertz CT molecular complexity index is 1560. The van der Waals surface area contributed by atoms with Gasteiger partial charge in [0, 0.05) is 32.6 Å². The van der Waals surface area contributed by atoms with Crippen molar-refractivity contribution < 1.29 is 36.9 Å². The first-order chi connectivity index (χ1) is 21.0. The summed E-state index contributed by atoms with van der Waals surface area (Å²) in [4.78, 5) is 32.1. The molecule has 5 rings (SSSR count). The molecule has 0 radical (unpaired) electrons. The molecule has 1 fully saturated rings. The highest BCUT2D eigenvalue weighted by atomic mass is 31.1. The predicted molar refractivity (Wildman–Crippen MR) is 160 cm³/mol. The number of hydrogen-bond acceptors (Lipinski definition) is 8. The van der Waals surface area contributed by atoms with Gasteiger partial charge in [0.15, 0.2) is 8.03 Å². The number of ether oxygens (including phenoxy) is 2. The number of methoxy groups -OCH3 is 1. The molecule has 10 nitrogen and oxygen atoms in total. The molecule has 1 aliphatic carbocycles. The zero-order valence-electron chi connectivity index (χ0n) is 24.6. The second-order valence-corrected chi connectivity index (χ2v) is 12.1. The average molecular weight is 634 g/mol. The van der Waals surface area contributed by atoms with Crippen LogP contribution in [0.25, 0.3) is 0 Å². The van der Waals surface area contributed by atoms with Crippen LogP contribution in [0, 0.1) is 0 Å². The first-order valence-electron chi connectivity index (χ1n) is 14.4. The van der Waals surface area contributed by atoms with Crippen molar-refractivity contribution in [3.63, 3.8) is 0 Å². The molecule has 1 aromatic heterocycles. The second-order valence-electron chi connectivity index (χ2n) is 11.0. The maximum Gasteiger partial charge on any atom is 0.421 e. The number of anilines is 4. The van der Waals surface area contributed by atoms with Crippen LogP contribution in [0.15, 0.2) is 36.5 Å². The molecule has 3 aromatic rings. The number of benzene rings is 2. The monoisotopic (exact) mass is 633 g/mol. The summed E-state index contributed by atoms with van der Waals surface area (Å²) in [6, 6.07) is 8.28. The Kier molecular flexibility index (Phi) is 9.48. The summed E-state index contributed by atoms with van der Waals surface area (Å²) in [7, 11) is 0.314. The van der Waals surface area contributed by atoms with Crippen LogP contribution in [0.1, 0.15) is 71.1 Å². The summed E-state index contributed by atoms with van der Waals surface area (Å²) in [6.45, 7) is 3.01. The highest BCUT2D eigenvalue weighted by Gasteiger charge is 2.37. The molecule has 1 atom stereocenters. The number of hydrogen-bond donors (Lipinski definition) is 3. The number of halogens is 3. The van der Waals surface area contributed by atoms with Crippen LogP contribution in [-0.2, 0) is 28.2 Å². The van der Waals surface area contributed by atoms with Crippen molar-refractivity contribution in [3.8, 4) is 5.75 Å². The number of carbonyl (C=O) groups excluding carboxylic acids is 1. The van der Waals surface area contributed by atoms with Crippen molar-refractivity contribution in [2.45, 2.75) is 63.5 Å². The van der Waals surface area contributed by atoms with Gasteiger partial charge >= 0.3 is 6.18 Å². The predicted octanol–water partition coefficient (Wildman–Crippen LogP) is 6.61. The highest BCUT2D eigenvalue weighted by Crippen LogP contribution is 2.43. The Labute approximate surface area is 253 Å². The van der Waals surface area contributed by atoms with Gasteiger partial charge in [0.05, 0.1) is 30.2 Å². The summed E-state index contributed by atoms with van der Waals surface area (Å²) in [5, 5.41) is 5.67. The normalized spacial score (nSPS) is 19.1. The number of alkyl halides is 3. The lowest BCUT2D eigenvalue weighted by molar-refractivity contribution is -0.137. The van der Waals surface area contributed by atoms with Crippen molar-refractivity contribution in [2.75, 3.05) is 31.4 Å².